The molecule has 0 heterocycles. The maximum Gasteiger partial charge on any atom is 0.0887 e. The summed E-state index contributed by atoms with van der Waals surface area (Å²) in [5, 5.41) is 0. The third kappa shape index (κ3) is 5.45. The number of hydrogen-bond donors (Lipinski definition) is 3. The van der Waals surface area contributed by atoms with Crippen molar-refractivity contribution in [2.45, 2.75) is 6.42 Å². The van der Waals surface area contributed by atoms with Crippen LogP contribution in [-0.4, -0.2) is 13.2 Å². The summed E-state index contributed by atoms with van der Waals surface area (Å²) in [7, 11) is 0. The molecule has 0 fully saturated rings. The van der Waals surface area contributed by atoms with Crippen molar-refractivity contribution in [3.05, 3.63) is 12.2 Å². The standard InChI is InChI=1S/C5H13N3O/c1-5(4-9-7)2-3-8-6/h8H,1-4,6-7H2. The van der Waals surface area contributed by atoms with Crippen molar-refractivity contribution in [3.63, 3.8) is 0 Å². The normalized spacial score (nSPS) is 9.56. The van der Waals surface area contributed by atoms with E-state index in [0.29, 0.717) is 13.2 Å². The Hall–Kier alpha value is -0.420. The van der Waals surface area contributed by atoms with Crippen LogP contribution in [0.3, 0.4) is 0 Å². The third-order valence-corrected chi connectivity index (χ3v) is 0.910. The highest BCUT2D eigenvalue weighted by atomic mass is 16.6. The average Bonchev–Trinajstić information content (AvgIpc) is 1.85. The van der Waals surface area contributed by atoms with Crippen molar-refractivity contribution in [1.82, 2.24) is 5.43 Å². The van der Waals surface area contributed by atoms with Crippen molar-refractivity contribution < 1.29 is 4.84 Å². The molecule has 0 radical (unpaired) electrons. The molecule has 0 rings (SSSR count). The second-order valence-electron chi connectivity index (χ2n) is 1.77. The Bertz CT molecular complexity index is 84.3. The summed E-state index contributed by atoms with van der Waals surface area (Å²) in [4.78, 5) is 4.33. The molecule has 0 unspecified atom stereocenters. The first kappa shape index (κ1) is 8.58. The SMILES string of the molecule is C=C(CCNN)CON. The Labute approximate surface area is 54.8 Å². The van der Waals surface area contributed by atoms with Gasteiger partial charge in [-0.1, -0.05) is 6.58 Å². The first-order valence-electron chi connectivity index (χ1n) is 2.73. The summed E-state index contributed by atoms with van der Waals surface area (Å²) in [6, 6.07) is 0. The van der Waals surface area contributed by atoms with E-state index in [1.54, 1.807) is 0 Å². The molecule has 0 aliphatic rings. The summed E-state index contributed by atoms with van der Waals surface area (Å²) in [6.07, 6.45) is 0.799. The van der Waals surface area contributed by atoms with E-state index in [-0.39, 0.29) is 0 Å². The maximum absolute atomic E-state index is 5.01. The lowest BCUT2D eigenvalue weighted by Crippen LogP contribution is -2.23. The molecule has 4 heteroatoms. The highest BCUT2D eigenvalue weighted by molar-refractivity contribution is 4.93. The fraction of sp³-hybridized carbons (Fsp3) is 0.600. The highest BCUT2D eigenvalue weighted by Gasteiger charge is 1.90. The minimum absolute atomic E-state index is 0.404. The maximum atomic E-state index is 5.01. The van der Waals surface area contributed by atoms with E-state index in [0.717, 1.165) is 12.0 Å². The van der Waals surface area contributed by atoms with Gasteiger partial charge < -0.3 is 4.84 Å². The van der Waals surface area contributed by atoms with Crippen LogP contribution in [-0.2, 0) is 4.84 Å². The zero-order valence-electron chi connectivity index (χ0n) is 5.39. The minimum Gasteiger partial charge on any atom is -0.300 e. The number of nitrogens with two attached hydrogens (primary N) is 2. The van der Waals surface area contributed by atoms with Crippen LogP contribution in [0.5, 0.6) is 0 Å². The van der Waals surface area contributed by atoms with E-state index in [4.69, 9.17) is 11.7 Å². The molecule has 9 heavy (non-hydrogen) atoms. The lowest BCUT2D eigenvalue weighted by molar-refractivity contribution is 0.159. The molecule has 0 saturated heterocycles. The van der Waals surface area contributed by atoms with Gasteiger partial charge in [-0.3, -0.25) is 11.3 Å². The lowest BCUT2D eigenvalue weighted by atomic mass is 10.2. The van der Waals surface area contributed by atoms with Crippen LogP contribution in [0.4, 0.5) is 0 Å². The van der Waals surface area contributed by atoms with Gasteiger partial charge >= 0.3 is 0 Å². The Morgan fingerprint density at radius 2 is 2.33 bits per heavy atom. The molecule has 0 bridgehead atoms. The van der Waals surface area contributed by atoms with Gasteiger partial charge in [0.1, 0.15) is 0 Å². The molecular weight excluding hydrogens is 118 g/mol. The van der Waals surface area contributed by atoms with E-state index < -0.39 is 0 Å². The number of nitrogens with one attached hydrogen (secondary N) is 1. The molecule has 5 N–H and O–H groups in total. The van der Waals surface area contributed by atoms with Crippen LogP contribution in [0.15, 0.2) is 12.2 Å². The van der Waals surface area contributed by atoms with Gasteiger partial charge in [-0.05, 0) is 12.0 Å². The van der Waals surface area contributed by atoms with Crippen LogP contribution in [0.2, 0.25) is 0 Å². The first-order valence-corrected chi connectivity index (χ1v) is 2.73. The fourth-order valence-corrected chi connectivity index (χ4v) is 0.439. The van der Waals surface area contributed by atoms with Gasteiger partial charge in [-0.2, -0.15) is 0 Å². The van der Waals surface area contributed by atoms with Crippen molar-refractivity contribution in [3.8, 4) is 0 Å². The van der Waals surface area contributed by atoms with Crippen LogP contribution in [0.1, 0.15) is 6.42 Å². The number of hydrogen-bond acceptors (Lipinski definition) is 4. The average molecular weight is 131 g/mol. The van der Waals surface area contributed by atoms with E-state index in [1.807, 2.05) is 0 Å². The zero-order valence-corrected chi connectivity index (χ0v) is 5.39. The van der Waals surface area contributed by atoms with Crippen LogP contribution >= 0.6 is 0 Å². The Morgan fingerprint density at radius 1 is 1.67 bits per heavy atom. The van der Waals surface area contributed by atoms with Crippen LogP contribution in [0.25, 0.3) is 0 Å². The third-order valence-electron chi connectivity index (χ3n) is 0.910. The van der Waals surface area contributed by atoms with Gasteiger partial charge in [0.05, 0.1) is 6.61 Å². The number of hydrazine groups is 1. The molecule has 0 aromatic heterocycles. The quantitative estimate of drug-likeness (QED) is 0.262. The van der Waals surface area contributed by atoms with E-state index >= 15 is 0 Å². The number of rotatable bonds is 5. The molecule has 0 aromatic rings. The molecule has 0 aromatic carbocycles. The topological polar surface area (TPSA) is 73.3 Å². The van der Waals surface area contributed by atoms with Gasteiger partial charge in [0.25, 0.3) is 0 Å². The van der Waals surface area contributed by atoms with E-state index in [2.05, 4.69) is 16.8 Å². The Kier molecular flexibility index (Phi) is 5.45. The zero-order chi connectivity index (χ0) is 7.11. The van der Waals surface area contributed by atoms with Gasteiger partial charge in [0, 0.05) is 6.54 Å². The smallest absolute Gasteiger partial charge is 0.0887 e. The van der Waals surface area contributed by atoms with Gasteiger partial charge in [0.15, 0.2) is 0 Å². The van der Waals surface area contributed by atoms with Crippen molar-refractivity contribution in [1.29, 1.82) is 0 Å². The Balaban J connectivity index is 3.06. The van der Waals surface area contributed by atoms with E-state index in [1.165, 1.54) is 0 Å². The monoisotopic (exact) mass is 131 g/mol. The second-order valence-corrected chi connectivity index (χ2v) is 1.77. The fourth-order valence-electron chi connectivity index (χ4n) is 0.439. The molecule has 0 aliphatic carbocycles. The Morgan fingerprint density at radius 3 is 2.78 bits per heavy atom. The molecule has 0 aliphatic heterocycles. The van der Waals surface area contributed by atoms with Crippen molar-refractivity contribution in [2.24, 2.45) is 11.7 Å². The predicted octanol–water partition coefficient (Wildman–Crippen LogP) is -0.714. The molecule has 54 valence electrons. The molecule has 4 nitrogen and oxygen atoms in total. The summed E-state index contributed by atoms with van der Waals surface area (Å²) < 4.78 is 0. The molecule has 0 atom stereocenters. The summed E-state index contributed by atoms with van der Waals surface area (Å²) >= 11 is 0. The first-order chi connectivity index (χ1) is 4.31. The van der Waals surface area contributed by atoms with Crippen molar-refractivity contribution in [2.75, 3.05) is 13.2 Å². The lowest BCUT2D eigenvalue weighted by Gasteiger charge is -2.01. The van der Waals surface area contributed by atoms with Gasteiger partial charge in [-0.15, -0.1) is 0 Å². The highest BCUT2D eigenvalue weighted by Crippen LogP contribution is 1.93. The van der Waals surface area contributed by atoms with Crippen molar-refractivity contribution >= 4 is 0 Å². The second kappa shape index (κ2) is 5.71. The van der Waals surface area contributed by atoms with Crippen LogP contribution in [0, 0.1) is 0 Å². The summed E-state index contributed by atoms with van der Waals surface area (Å²) in [5.74, 6) is 9.80. The molecule has 0 saturated carbocycles. The largest absolute Gasteiger partial charge is 0.300 e. The van der Waals surface area contributed by atoms with Crippen LogP contribution < -0.4 is 17.2 Å². The van der Waals surface area contributed by atoms with Gasteiger partial charge in [0.2, 0.25) is 0 Å². The van der Waals surface area contributed by atoms with E-state index in [9.17, 15) is 0 Å². The summed E-state index contributed by atoms with van der Waals surface area (Å²) in [5.41, 5.74) is 3.44. The molecular formula is C5H13N3O. The predicted molar refractivity (Wildman–Crippen MR) is 36.1 cm³/mol. The minimum atomic E-state index is 0.404. The molecule has 0 spiro atoms. The molecule has 0 amide bonds. The van der Waals surface area contributed by atoms with Gasteiger partial charge in [-0.25, -0.2) is 5.90 Å². The summed E-state index contributed by atoms with van der Waals surface area (Å²) in [6.45, 7) is 4.80.